The highest BCUT2D eigenvalue weighted by atomic mass is 32.2. The number of nitrogens with zero attached hydrogens (tertiary/aromatic N) is 1. The first-order valence-electron chi connectivity index (χ1n) is 8.40. The van der Waals surface area contributed by atoms with Gasteiger partial charge in [0.05, 0.1) is 5.69 Å². The summed E-state index contributed by atoms with van der Waals surface area (Å²) >= 11 is 2.04. The van der Waals surface area contributed by atoms with Crippen LogP contribution in [-0.4, -0.2) is 35.8 Å². The van der Waals surface area contributed by atoms with Gasteiger partial charge in [0, 0.05) is 18.3 Å². The van der Waals surface area contributed by atoms with E-state index in [0.717, 1.165) is 12.1 Å². The Morgan fingerprint density at radius 3 is 2.74 bits per heavy atom. The van der Waals surface area contributed by atoms with Gasteiger partial charge >= 0.3 is 6.09 Å². The molecule has 4 nitrogen and oxygen atoms in total. The van der Waals surface area contributed by atoms with Gasteiger partial charge in [0.2, 0.25) is 0 Å². The molecule has 1 fully saturated rings. The second-order valence-electron chi connectivity index (χ2n) is 7.26. The van der Waals surface area contributed by atoms with Crippen molar-refractivity contribution in [3.05, 3.63) is 23.8 Å². The molecule has 0 aliphatic carbocycles. The maximum absolute atomic E-state index is 12.3. The lowest BCUT2D eigenvalue weighted by Gasteiger charge is -2.25. The molecule has 1 amide bonds. The summed E-state index contributed by atoms with van der Waals surface area (Å²) in [5.74, 6) is 2.49. The molecular formula is C18H26N2O2S. The number of ether oxygens (including phenoxy) is 1. The normalized spacial score (nSPS) is 18.7. The summed E-state index contributed by atoms with van der Waals surface area (Å²) < 4.78 is 5.50. The number of carbonyl (C=O) groups excluding carboxylic acids is 1. The van der Waals surface area contributed by atoms with Crippen molar-refractivity contribution < 1.29 is 9.53 Å². The van der Waals surface area contributed by atoms with Crippen LogP contribution in [-0.2, 0) is 11.2 Å². The Balaban J connectivity index is 1.68. The molecule has 0 bridgehead atoms. The highest BCUT2D eigenvalue weighted by Crippen LogP contribution is 2.32. The number of carbonyl (C=O) groups is 1. The molecule has 2 aliphatic heterocycles. The van der Waals surface area contributed by atoms with Gasteiger partial charge in [-0.15, -0.1) is 0 Å². The highest BCUT2D eigenvalue weighted by Gasteiger charge is 2.29. The molecule has 1 aromatic rings. The van der Waals surface area contributed by atoms with Gasteiger partial charge in [-0.3, -0.25) is 4.90 Å². The SMILES string of the molecule is CC(C)(C)OC(=O)N1CCc2cc(NC3CCSCC3)ccc21. The lowest BCUT2D eigenvalue weighted by molar-refractivity contribution is 0.0584. The molecule has 2 heterocycles. The second-order valence-corrected chi connectivity index (χ2v) is 8.48. The number of amides is 1. The first-order chi connectivity index (χ1) is 10.9. The van der Waals surface area contributed by atoms with Gasteiger partial charge in [0.1, 0.15) is 5.60 Å². The van der Waals surface area contributed by atoms with Crippen LogP contribution in [0.5, 0.6) is 0 Å². The van der Waals surface area contributed by atoms with E-state index in [4.69, 9.17) is 4.74 Å². The van der Waals surface area contributed by atoms with E-state index < -0.39 is 5.60 Å². The summed E-state index contributed by atoms with van der Waals surface area (Å²) in [5.41, 5.74) is 2.93. The maximum Gasteiger partial charge on any atom is 0.414 e. The average Bonchev–Trinajstić information content (AvgIpc) is 2.90. The Morgan fingerprint density at radius 1 is 1.30 bits per heavy atom. The van der Waals surface area contributed by atoms with Crippen molar-refractivity contribution in [1.29, 1.82) is 0 Å². The standard InChI is InChI=1S/C18H26N2O2S/c1-18(2,3)22-17(21)20-9-6-13-12-15(4-5-16(13)20)19-14-7-10-23-11-8-14/h4-5,12,14,19H,6-11H2,1-3H3. The minimum Gasteiger partial charge on any atom is -0.443 e. The van der Waals surface area contributed by atoms with Crippen molar-refractivity contribution in [1.82, 2.24) is 0 Å². The summed E-state index contributed by atoms with van der Waals surface area (Å²) in [6.07, 6.45) is 3.10. The number of nitrogens with one attached hydrogen (secondary N) is 1. The zero-order valence-corrected chi connectivity index (χ0v) is 15.0. The highest BCUT2D eigenvalue weighted by molar-refractivity contribution is 7.99. The Labute approximate surface area is 143 Å². The first kappa shape index (κ1) is 16.5. The van der Waals surface area contributed by atoms with Gasteiger partial charge in [-0.1, -0.05) is 0 Å². The van der Waals surface area contributed by atoms with Gasteiger partial charge in [-0.25, -0.2) is 4.79 Å². The third kappa shape index (κ3) is 4.14. The maximum atomic E-state index is 12.3. The van der Waals surface area contributed by atoms with E-state index in [9.17, 15) is 4.79 Å². The van der Waals surface area contributed by atoms with Crippen LogP contribution >= 0.6 is 11.8 Å². The molecular weight excluding hydrogens is 308 g/mol. The Bertz CT molecular complexity index is 577. The molecule has 5 heteroatoms. The Hall–Kier alpha value is -1.36. The summed E-state index contributed by atoms with van der Waals surface area (Å²) in [4.78, 5) is 14.1. The third-order valence-corrected chi connectivity index (χ3v) is 5.23. The monoisotopic (exact) mass is 334 g/mol. The van der Waals surface area contributed by atoms with Gasteiger partial charge in [0.15, 0.2) is 0 Å². The number of hydrogen-bond donors (Lipinski definition) is 1. The van der Waals surface area contributed by atoms with Crippen LogP contribution in [0.25, 0.3) is 0 Å². The van der Waals surface area contributed by atoms with E-state index in [1.165, 1.54) is 35.6 Å². The Kier molecular flexibility index (Phi) is 4.76. The minimum atomic E-state index is -0.458. The van der Waals surface area contributed by atoms with E-state index in [1.54, 1.807) is 4.90 Å². The molecule has 1 aromatic carbocycles. The van der Waals surface area contributed by atoms with Gasteiger partial charge < -0.3 is 10.1 Å². The van der Waals surface area contributed by atoms with Crippen molar-refractivity contribution >= 4 is 29.2 Å². The summed E-state index contributed by atoms with van der Waals surface area (Å²) in [6.45, 7) is 6.40. The molecule has 3 rings (SSSR count). The topological polar surface area (TPSA) is 41.6 Å². The van der Waals surface area contributed by atoms with E-state index in [0.29, 0.717) is 12.6 Å². The zero-order valence-electron chi connectivity index (χ0n) is 14.2. The summed E-state index contributed by atoms with van der Waals surface area (Å²) in [7, 11) is 0. The molecule has 0 unspecified atom stereocenters. The molecule has 0 atom stereocenters. The first-order valence-corrected chi connectivity index (χ1v) is 9.55. The summed E-state index contributed by atoms with van der Waals surface area (Å²) in [5, 5.41) is 3.64. The number of hydrogen-bond acceptors (Lipinski definition) is 4. The third-order valence-electron chi connectivity index (χ3n) is 4.18. The molecule has 1 N–H and O–H groups in total. The fourth-order valence-corrected chi connectivity index (χ4v) is 4.18. The lowest BCUT2D eigenvalue weighted by Crippen LogP contribution is -2.35. The van der Waals surface area contributed by atoms with Gasteiger partial charge in [-0.05, 0) is 75.3 Å². The predicted molar refractivity (Wildman–Crippen MR) is 97.7 cm³/mol. The molecule has 2 aliphatic rings. The average molecular weight is 334 g/mol. The van der Waals surface area contributed by atoms with E-state index in [1.807, 2.05) is 38.6 Å². The van der Waals surface area contributed by atoms with Crippen LogP contribution in [0.1, 0.15) is 39.2 Å². The molecule has 0 spiro atoms. The number of fused-ring (bicyclic) bond motifs is 1. The van der Waals surface area contributed by atoms with Crippen LogP contribution in [0.4, 0.5) is 16.2 Å². The van der Waals surface area contributed by atoms with Crippen molar-refractivity contribution in [2.75, 3.05) is 28.3 Å². The summed E-state index contributed by atoms with van der Waals surface area (Å²) in [6, 6.07) is 6.91. The number of thioether (sulfide) groups is 1. The van der Waals surface area contributed by atoms with Crippen LogP contribution in [0.15, 0.2) is 18.2 Å². The molecule has 23 heavy (non-hydrogen) atoms. The fraction of sp³-hybridized carbons (Fsp3) is 0.611. The van der Waals surface area contributed by atoms with Crippen LogP contribution in [0.2, 0.25) is 0 Å². The minimum absolute atomic E-state index is 0.249. The Morgan fingerprint density at radius 2 is 2.04 bits per heavy atom. The van der Waals surface area contributed by atoms with E-state index >= 15 is 0 Å². The van der Waals surface area contributed by atoms with Crippen molar-refractivity contribution in [2.24, 2.45) is 0 Å². The van der Waals surface area contributed by atoms with Crippen LogP contribution in [0.3, 0.4) is 0 Å². The lowest BCUT2D eigenvalue weighted by atomic mass is 10.1. The second kappa shape index (κ2) is 6.63. The number of benzene rings is 1. The van der Waals surface area contributed by atoms with Gasteiger partial charge in [-0.2, -0.15) is 11.8 Å². The largest absolute Gasteiger partial charge is 0.443 e. The molecule has 0 radical (unpaired) electrons. The number of rotatable bonds is 2. The van der Waals surface area contributed by atoms with E-state index in [2.05, 4.69) is 17.4 Å². The molecule has 0 saturated carbocycles. The smallest absolute Gasteiger partial charge is 0.414 e. The van der Waals surface area contributed by atoms with Crippen molar-refractivity contribution in [2.45, 2.75) is 51.7 Å². The number of anilines is 2. The van der Waals surface area contributed by atoms with Crippen LogP contribution < -0.4 is 10.2 Å². The van der Waals surface area contributed by atoms with Crippen LogP contribution in [0, 0.1) is 0 Å². The van der Waals surface area contributed by atoms with Crippen molar-refractivity contribution in [3.63, 3.8) is 0 Å². The predicted octanol–water partition coefficient (Wildman–Crippen LogP) is 4.29. The van der Waals surface area contributed by atoms with Crippen molar-refractivity contribution in [3.8, 4) is 0 Å². The zero-order chi connectivity index (χ0) is 16.4. The fourth-order valence-electron chi connectivity index (χ4n) is 3.08. The molecule has 1 saturated heterocycles. The van der Waals surface area contributed by atoms with E-state index in [-0.39, 0.29) is 6.09 Å². The molecule has 0 aromatic heterocycles. The molecule has 126 valence electrons. The quantitative estimate of drug-likeness (QED) is 0.876. The van der Waals surface area contributed by atoms with Gasteiger partial charge in [0.25, 0.3) is 0 Å².